The third-order valence-electron chi connectivity index (χ3n) is 8.96. The van der Waals surface area contributed by atoms with E-state index in [1.807, 2.05) is 29.2 Å². The van der Waals surface area contributed by atoms with Crippen molar-refractivity contribution in [1.82, 2.24) is 24.8 Å². The van der Waals surface area contributed by atoms with E-state index in [0.717, 1.165) is 50.4 Å². The van der Waals surface area contributed by atoms with Crippen molar-refractivity contribution >= 4 is 29.3 Å². The van der Waals surface area contributed by atoms with Crippen molar-refractivity contribution < 1.29 is 19.1 Å². The summed E-state index contributed by atoms with van der Waals surface area (Å²) in [4.78, 5) is 47.0. The molecular formula is C34H44N8O4. The van der Waals surface area contributed by atoms with Gasteiger partial charge >= 0.3 is 6.03 Å². The monoisotopic (exact) mass is 628 g/mol. The van der Waals surface area contributed by atoms with Crippen molar-refractivity contribution in [2.24, 2.45) is 0 Å². The van der Waals surface area contributed by atoms with E-state index in [1.165, 1.54) is 0 Å². The van der Waals surface area contributed by atoms with Crippen LogP contribution in [0.3, 0.4) is 0 Å². The van der Waals surface area contributed by atoms with Crippen LogP contribution in [0, 0.1) is 0 Å². The lowest BCUT2D eigenvalue weighted by Crippen LogP contribution is -2.55. The van der Waals surface area contributed by atoms with E-state index in [1.54, 1.807) is 24.3 Å². The lowest BCUT2D eigenvalue weighted by atomic mass is 9.99. The van der Waals surface area contributed by atoms with Crippen LogP contribution < -0.4 is 15.5 Å². The topological polar surface area (TPSA) is 125 Å². The largest absolute Gasteiger partial charge is 0.381 e. The summed E-state index contributed by atoms with van der Waals surface area (Å²) in [6.45, 7) is 13.1. The van der Waals surface area contributed by atoms with Crippen LogP contribution in [0.4, 0.5) is 22.1 Å². The van der Waals surface area contributed by atoms with Gasteiger partial charge in [0.1, 0.15) is 5.82 Å². The number of piperazine rings is 1. The Balaban J connectivity index is 1.08. The molecule has 1 unspecified atom stereocenters. The summed E-state index contributed by atoms with van der Waals surface area (Å²) in [5.41, 5.74) is 2.69. The summed E-state index contributed by atoms with van der Waals surface area (Å²) in [5.74, 6) is 2.33. The molecule has 1 atom stereocenters. The van der Waals surface area contributed by atoms with Gasteiger partial charge in [0.15, 0.2) is 5.82 Å². The number of hydrogen-bond donors (Lipinski definition) is 2. The second kappa shape index (κ2) is 14.5. The number of morpholine rings is 1. The van der Waals surface area contributed by atoms with Gasteiger partial charge in [0, 0.05) is 86.4 Å². The summed E-state index contributed by atoms with van der Waals surface area (Å²) in [5, 5.41) is 5.74. The highest BCUT2D eigenvalue weighted by atomic mass is 16.5. The van der Waals surface area contributed by atoms with Gasteiger partial charge in [-0.3, -0.25) is 9.69 Å². The quantitative estimate of drug-likeness (QED) is 0.390. The highest BCUT2D eigenvalue weighted by molar-refractivity contribution is 6.00. The lowest BCUT2D eigenvalue weighted by molar-refractivity contribution is 0.0426. The Bertz CT molecular complexity index is 1450. The molecule has 3 amide bonds. The van der Waals surface area contributed by atoms with Gasteiger partial charge in [0.05, 0.1) is 13.2 Å². The average Bonchev–Trinajstić information content (AvgIpc) is 3.09. The number of amides is 3. The number of carbonyl (C=O) groups is 2. The second-order valence-electron chi connectivity index (χ2n) is 12.5. The molecule has 3 fully saturated rings. The molecule has 0 spiro atoms. The first kappa shape index (κ1) is 31.8. The van der Waals surface area contributed by atoms with Gasteiger partial charge < -0.3 is 29.9 Å². The van der Waals surface area contributed by atoms with Gasteiger partial charge in [-0.25, -0.2) is 9.78 Å². The first-order valence-electron chi connectivity index (χ1n) is 16.3. The maximum Gasteiger partial charge on any atom is 0.323 e. The Morgan fingerprint density at radius 2 is 1.43 bits per heavy atom. The van der Waals surface area contributed by atoms with E-state index in [9.17, 15) is 9.59 Å². The fourth-order valence-corrected chi connectivity index (χ4v) is 6.17. The summed E-state index contributed by atoms with van der Waals surface area (Å²) in [6, 6.07) is 14.8. The van der Waals surface area contributed by atoms with E-state index < -0.39 is 0 Å². The summed E-state index contributed by atoms with van der Waals surface area (Å²) < 4.78 is 11.1. The third-order valence-corrected chi connectivity index (χ3v) is 8.96. The Morgan fingerprint density at radius 1 is 0.804 bits per heavy atom. The van der Waals surface area contributed by atoms with E-state index in [2.05, 4.69) is 41.2 Å². The zero-order chi connectivity index (χ0) is 32.0. The predicted molar refractivity (Wildman–Crippen MR) is 177 cm³/mol. The molecule has 12 nitrogen and oxygen atoms in total. The van der Waals surface area contributed by atoms with Gasteiger partial charge in [-0.15, -0.1) is 0 Å². The van der Waals surface area contributed by atoms with Gasteiger partial charge in [-0.05, 0) is 82.1 Å². The maximum absolute atomic E-state index is 13.2. The smallest absolute Gasteiger partial charge is 0.323 e. The zero-order valence-electron chi connectivity index (χ0n) is 26.9. The third kappa shape index (κ3) is 7.63. The zero-order valence-corrected chi connectivity index (χ0v) is 26.9. The number of aromatic nitrogens is 3. The van der Waals surface area contributed by atoms with Gasteiger partial charge in [0.25, 0.3) is 5.91 Å². The van der Waals surface area contributed by atoms with Crippen LogP contribution in [0.1, 0.15) is 55.7 Å². The molecule has 3 aliphatic heterocycles. The highest BCUT2D eigenvalue weighted by Crippen LogP contribution is 2.28. The molecule has 3 aromatic rings. The van der Waals surface area contributed by atoms with Crippen molar-refractivity contribution in [2.45, 2.75) is 51.6 Å². The van der Waals surface area contributed by atoms with E-state index >= 15 is 0 Å². The van der Waals surface area contributed by atoms with Crippen LogP contribution in [0.5, 0.6) is 0 Å². The number of anilines is 3. The van der Waals surface area contributed by atoms with E-state index in [4.69, 9.17) is 24.4 Å². The van der Waals surface area contributed by atoms with Crippen molar-refractivity contribution in [3.63, 3.8) is 0 Å². The fourth-order valence-electron chi connectivity index (χ4n) is 6.17. The number of rotatable bonds is 7. The van der Waals surface area contributed by atoms with Gasteiger partial charge in [-0.2, -0.15) is 9.97 Å². The standard InChI is InChI=1S/C34H44N8O4/c1-23(2)41-14-15-42(24(3)22-41)32(43)27-6-10-29(11-7-27)36-34(44)35-28-8-4-25(5-9-28)30-37-31(26-12-18-45-19-13-26)39-33(38-30)40-16-20-46-21-17-40/h4-11,23-24,26H,12-22H2,1-3H3,(H2,35,36,44). The maximum atomic E-state index is 13.2. The van der Waals surface area contributed by atoms with Crippen molar-refractivity contribution in [2.75, 3.05) is 74.7 Å². The van der Waals surface area contributed by atoms with E-state index in [0.29, 0.717) is 67.7 Å². The Labute approximate surface area is 270 Å². The minimum atomic E-state index is -0.373. The summed E-state index contributed by atoms with van der Waals surface area (Å²) in [7, 11) is 0. The lowest BCUT2D eigenvalue weighted by Gasteiger charge is -2.41. The number of nitrogens with zero attached hydrogens (tertiary/aromatic N) is 6. The Hall–Kier alpha value is -4.13. The molecule has 0 bridgehead atoms. The molecule has 0 aliphatic carbocycles. The number of hydrogen-bond acceptors (Lipinski definition) is 9. The van der Waals surface area contributed by atoms with Gasteiger partial charge in [-0.1, -0.05) is 0 Å². The number of nitrogens with one attached hydrogen (secondary N) is 2. The molecule has 0 radical (unpaired) electrons. The van der Waals surface area contributed by atoms with Crippen molar-refractivity contribution in [3.8, 4) is 11.4 Å². The molecule has 244 valence electrons. The molecule has 46 heavy (non-hydrogen) atoms. The second-order valence-corrected chi connectivity index (χ2v) is 12.5. The normalized spacial score (nSPS) is 19.7. The van der Waals surface area contributed by atoms with Crippen LogP contribution in [0.2, 0.25) is 0 Å². The minimum Gasteiger partial charge on any atom is -0.381 e. The highest BCUT2D eigenvalue weighted by Gasteiger charge is 2.29. The molecule has 3 aliphatic rings. The van der Waals surface area contributed by atoms with E-state index in [-0.39, 0.29) is 23.9 Å². The number of ether oxygens (including phenoxy) is 2. The molecular weight excluding hydrogens is 584 g/mol. The molecule has 2 aromatic carbocycles. The van der Waals surface area contributed by atoms with Crippen molar-refractivity contribution in [3.05, 3.63) is 59.9 Å². The predicted octanol–water partition coefficient (Wildman–Crippen LogP) is 4.47. The molecule has 2 N–H and O–H groups in total. The summed E-state index contributed by atoms with van der Waals surface area (Å²) >= 11 is 0. The Kier molecular flexibility index (Phi) is 10.1. The molecule has 12 heteroatoms. The van der Waals surface area contributed by atoms with Crippen LogP contribution in [-0.4, -0.2) is 108 Å². The fraction of sp³-hybridized carbons (Fsp3) is 0.500. The summed E-state index contributed by atoms with van der Waals surface area (Å²) in [6.07, 6.45) is 1.77. The van der Waals surface area contributed by atoms with Crippen LogP contribution in [0.15, 0.2) is 48.5 Å². The SMILES string of the molecule is CC(C)N1CCN(C(=O)c2ccc(NC(=O)Nc3ccc(-c4nc(C5CCOCC5)nc(N5CCOCC5)n4)cc3)cc2)C(C)C1. The Morgan fingerprint density at radius 3 is 2.07 bits per heavy atom. The van der Waals surface area contributed by atoms with Crippen molar-refractivity contribution in [1.29, 1.82) is 0 Å². The molecule has 1 aromatic heterocycles. The molecule has 0 saturated carbocycles. The molecule has 6 rings (SSSR count). The van der Waals surface area contributed by atoms with Crippen LogP contribution in [-0.2, 0) is 9.47 Å². The van der Waals surface area contributed by atoms with Crippen LogP contribution in [0.25, 0.3) is 11.4 Å². The first-order valence-corrected chi connectivity index (χ1v) is 16.3. The number of urea groups is 1. The number of benzene rings is 2. The number of carbonyl (C=O) groups excluding carboxylic acids is 2. The van der Waals surface area contributed by atoms with Gasteiger partial charge in [0.2, 0.25) is 5.95 Å². The van der Waals surface area contributed by atoms with Crippen LogP contribution >= 0.6 is 0 Å². The first-order chi connectivity index (χ1) is 22.3. The molecule has 4 heterocycles. The average molecular weight is 629 g/mol. The minimum absolute atomic E-state index is 0.0159. The molecule has 3 saturated heterocycles.